The molecule has 0 aliphatic carbocycles. The maximum atomic E-state index is 14.3. The molecule has 6 nitrogen and oxygen atoms in total. The average molecular weight is 418 g/mol. The van der Waals surface area contributed by atoms with Gasteiger partial charge in [-0.15, -0.1) is 11.3 Å². The Balaban J connectivity index is 1.65. The highest BCUT2D eigenvalue weighted by atomic mass is 35.5. The van der Waals surface area contributed by atoms with E-state index in [1.54, 1.807) is 19.3 Å². The first-order chi connectivity index (χ1) is 13.5. The molecule has 0 saturated carbocycles. The number of anilines is 1. The summed E-state index contributed by atoms with van der Waals surface area (Å²) in [4.78, 5) is 18.0. The van der Waals surface area contributed by atoms with Gasteiger partial charge in [0.05, 0.1) is 22.0 Å². The zero-order valence-corrected chi connectivity index (χ0v) is 16.6. The van der Waals surface area contributed by atoms with Gasteiger partial charge in [0.25, 0.3) is 5.91 Å². The lowest BCUT2D eigenvalue weighted by Gasteiger charge is -2.21. The number of piperidine rings is 1. The van der Waals surface area contributed by atoms with Crippen LogP contribution in [0, 0.1) is 24.1 Å². The molecular weight excluding hydrogens is 401 g/mol. The third-order valence-corrected chi connectivity index (χ3v) is 6.63. The van der Waals surface area contributed by atoms with Crippen molar-refractivity contribution >= 4 is 40.2 Å². The number of imidazole rings is 1. The fraction of sp³-hybridized carbons (Fsp3) is 0.316. The third kappa shape index (κ3) is 3.37. The van der Waals surface area contributed by atoms with E-state index >= 15 is 0 Å². The summed E-state index contributed by atoms with van der Waals surface area (Å²) >= 11 is 7.61. The number of halogens is 2. The van der Waals surface area contributed by atoms with E-state index in [1.807, 2.05) is 0 Å². The number of rotatable bonds is 3. The number of aromatic nitrogens is 2. The first-order valence-electron chi connectivity index (χ1n) is 8.87. The van der Waals surface area contributed by atoms with Crippen LogP contribution in [0.3, 0.4) is 0 Å². The summed E-state index contributed by atoms with van der Waals surface area (Å²) in [5.41, 5.74) is 1.54. The molecule has 0 radical (unpaired) electrons. The minimum absolute atomic E-state index is 0.165. The highest BCUT2D eigenvalue weighted by Gasteiger charge is 2.27. The van der Waals surface area contributed by atoms with Gasteiger partial charge in [0.1, 0.15) is 10.9 Å². The first-order valence-corrected chi connectivity index (χ1v) is 10.1. The van der Waals surface area contributed by atoms with E-state index in [2.05, 4.69) is 21.7 Å². The summed E-state index contributed by atoms with van der Waals surface area (Å²) in [5, 5.41) is 15.7. The zero-order valence-electron chi connectivity index (χ0n) is 15.1. The van der Waals surface area contributed by atoms with Crippen LogP contribution < -0.4 is 10.6 Å². The largest absolute Gasteiger partial charge is 0.320 e. The van der Waals surface area contributed by atoms with E-state index in [4.69, 9.17) is 11.6 Å². The molecule has 3 aromatic heterocycles. The van der Waals surface area contributed by atoms with Crippen molar-refractivity contribution in [2.45, 2.75) is 25.7 Å². The molecule has 1 aliphatic heterocycles. The minimum Gasteiger partial charge on any atom is -0.320 e. The number of aryl methyl sites for hydroxylation is 1. The fourth-order valence-corrected chi connectivity index (χ4v) is 5.09. The van der Waals surface area contributed by atoms with E-state index in [0.717, 1.165) is 30.8 Å². The summed E-state index contributed by atoms with van der Waals surface area (Å²) in [5.74, 6) is -0.777. The molecule has 1 saturated heterocycles. The molecule has 9 heteroatoms. The third-order valence-electron chi connectivity index (χ3n) is 4.79. The van der Waals surface area contributed by atoms with E-state index in [9.17, 15) is 14.4 Å². The Labute approximate surface area is 170 Å². The van der Waals surface area contributed by atoms with Crippen LogP contribution in [-0.2, 0) is 0 Å². The second kappa shape index (κ2) is 7.51. The van der Waals surface area contributed by atoms with Crippen LogP contribution in [0.2, 0.25) is 5.02 Å². The molecule has 0 spiro atoms. The summed E-state index contributed by atoms with van der Waals surface area (Å²) in [7, 11) is 0. The second-order valence-electron chi connectivity index (χ2n) is 6.76. The molecule has 0 bridgehead atoms. The molecule has 0 aromatic carbocycles. The smallest absolute Gasteiger partial charge is 0.267 e. The SMILES string of the molecule is Cc1cn2cc(NC(=O)c3sc(C4CCNCC4)c(C#N)c3Cl)cc(F)c2n1. The highest BCUT2D eigenvalue weighted by molar-refractivity contribution is 7.15. The molecular formula is C19H17ClFN5OS. The number of pyridine rings is 1. The van der Waals surface area contributed by atoms with Gasteiger partial charge in [0, 0.05) is 23.3 Å². The van der Waals surface area contributed by atoms with Crippen molar-refractivity contribution < 1.29 is 9.18 Å². The maximum absolute atomic E-state index is 14.3. The second-order valence-corrected chi connectivity index (χ2v) is 8.19. The number of nitrogens with one attached hydrogen (secondary N) is 2. The number of fused-ring (bicyclic) bond motifs is 1. The van der Waals surface area contributed by atoms with Crippen LogP contribution in [0.4, 0.5) is 10.1 Å². The molecule has 2 N–H and O–H groups in total. The predicted octanol–water partition coefficient (Wildman–Crippen LogP) is 4.09. The van der Waals surface area contributed by atoms with Gasteiger partial charge in [-0.05, 0) is 38.8 Å². The fourth-order valence-electron chi connectivity index (χ4n) is 3.48. The van der Waals surface area contributed by atoms with Crippen molar-refractivity contribution in [2.75, 3.05) is 18.4 Å². The van der Waals surface area contributed by atoms with E-state index < -0.39 is 11.7 Å². The summed E-state index contributed by atoms with van der Waals surface area (Å²) in [6.45, 7) is 3.51. The normalized spacial score (nSPS) is 14.9. The van der Waals surface area contributed by atoms with Gasteiger partial charge in [-0.2, -0.15) is 5.26 Å². The van der Waals surface area contributed by atoms with Gasteiger partial charge >= 0.3 is 0 Å². The Hall–Kier alpha value is -2.47. The number of amides is 1. The molecule has 1 fully saturated rings. The van der Waals surface area contributed by atoms with Crippen molar-refractivity contribution in [3.8, 4) is 6.07 Å². The monoisotopic (exact) mass is 417 g/mol. The molecule has 0 unspecified atom stereocenters. The quantitative estimate of drug-likeness (QED) is 0.672. The Morgan fingerprint density at radius 1 is 1.46 bits per heavy atom. The van der Waals surface area contributed by atoms with Crippen LogP contribution >= 0.6 is 22.9 Å². The van der Waals surface area contributed by atoms with Crippen molar-refractivity contribution in [1.82, 2.24) is 14.7 Å². The van der Waals surface area contributed by atoms with Gasteiger partial charge in [-0.3, -0.25) is 4.79 Å². The molecule has 3 aromatic rings. The Morgan fingerprint density at radius 3 is 2.93 bits per heavy atom. The van der Waals surface area contributed by atoms with Gasteiger partial charge in [0.2, 0.25) is 0 Å². The van der Waals surface area contributed by atoms with Gasteiger partial charge in [-0.1, -0.05) is 11.6 Å². The van der Waals surface area contributed by atoms with E-state index in [0.29, 0.717) is 16.9 Å². The molecule has 4 heterocycles. The Bertz CT molecular complexity index is 1110. The molecule has 4 rings (SSSR count). The van der Waals surface area contributed by atoms with E-state index in [-0.39, 0.29) is 21.5 Å². The lowest BCUT2D eigenvalue weighted by Crippen LogP contribution is -2.26. The van der Waals surface area contributed by atoms with Crippen molar-refractivity contribution in [3.63, 3.8) is 0 Å². The minimum atomic E-state index is -0.531. The zero-order chi connectivity index (χ0) is 19.8. The van der Waals surface area contributed by atoms with Crippen LogP contribution in [0.15, 0.2) is 18.5 Å². The predicted molar refractivity (Wildman–Crippen MR) is 107 cm³/mol. The topological polar surface area (TPSA) is 82.2 Å². The van der Waals surface area contributed by atoms with Crippen LogP contribution in [0.25, 0.3) is 5.65 Å². The van der Waals surface area contributed by atoms with Crippen LogP contribution in [0.1, 0.15) is 44.6 Å². The summed E-state index contributed by atoms with van der Waals surface area (Å²) < 4.78 is 15.8. The Kier molecular flexibility index (Phi) is 5.06. The molecule has 0 atom stereocenters. The molecule has 144 valence electrons. The molecule has 1 amide bonds. The number of nitriles is 1. The van der Waals surface area contributed by atoms with Gasteiger partial charge < -0.3 is 15.0 Å². The average Bonchev–Trinajstić information content (AvgIpc) is 3.22. The Morgan fingerprint density at radius 2 is 2.21 bits per heavy atom. The van der Waals surface area contributed by atoms with E-state index in [1.165, 1.54) is 21.8 Å². The number of hydrogen-bond donors (Lipinski definition) is 2. The summed E-state index contributed by atoms with van der Waals surface area (Å²) in [6.07, 6.45) is 5.06. The van der Waals surface area contributed by atoms with Crippen molar-refractivity contribution in [1.29, 1.82) is 5.26 Å². The number of thiophene rings is 1. The van der Waals surface area contributed by atoms with Gasteiger partial charge in [0.15, 0.2) is 11.5 Å². The number of hydrogen-bond acceptors (Lipinski definition) is 5. The van der Waals surface area contributed by atoms with Crippen LogP contribution in [0.5, 0.6) is 0 Å². The summed E-state index contributed by atoms with van der Waals surface area (Å²) in [6, 6.07) is 3.36. The lowest BCUT2D eigenvalue weighted by atomic mass is 9.94. The lowest BCUT2D eigenvalue weighted by molar-refractivity contribution is 0.103. The van der Waals surface area contributed by atoms with Crippen LogP contribution in [-0.4, -0.2) is 28.4 Å². The number of nitrogens with zero attached hydrogens (tertiary/aromatic N) is 3. The first kappa shape index (κ1) is 18.9. The molecule has 1 aliphatic rings. The van der Waals surface area contributed by atoms with Gasteiger partial charge in [-0.25, -0.2) is 9.37 Å². The highest BCUT2D eigenvalue weighted by Crippen LogP contribution is 2.40. The number of carbonyl (C=O) groups excluding carboxylic acids is 1. The van der Waals surface area contributed by atoms with Crippen molar-refractivity contribution in [2.24, 2.45) is 0 Å². The number of carbonyl (C=O) groups is 1. The maximum Gasteiger partial charge on any atom is 0.267 e. The molecule has 28 heavy (non-hydrogen) atoms. The standard InChI is InChI=1S/C19H17ClFN5OS/c1-10-8-26-9-12(6-14(21)18(26)24-10)25-19(27)17-15(20)13(7-22)16(28-17)11-2-4-23-5-3-11/h6,8-9,11,23H,2-5H2,1H3,(H,25,27). The van der Waals surface area contributed by atoms with Crippen molar-refractivity contribution in [3.05, 3.63) is 50.3 Å².